The Kier molecular flexibility index (Phi) is 2.09. The van der Waals surface area contributed by atoms with E-state index in [0.29, 0.717) is 4.90 Å². The van der Waals surface area contributed by atoms with Crippen LogP contribution >= 0.6 is 0 Å². The van der Waals surface area contributed by atoms with Gasteiger partial charge >= 0.3 is 0 Å². The molecule has 0 aromatic carbocycles. The Balaban J connectivity index is 2.77. The Morgan fingerprint density at radius 1 is 1.57 bits per heavy atom. The fraction of sp³-hybridized carbons (Fsp3) is 0.250. The summed E-state index contributed by atoms with van der Waals surface area (Å²) in [5, 5.41) is 4.98. The van der Waals surface area contributed by atoms with Gasteiger partial charge in [-0.2, -0.15) is 5.10 Å². The van der Waals surface area contributed by atoms with E-state index in [0.717, 1.165) is 16.7 Å². The maximum Gasteiger partial charge on any atom is 0.188 e. The smallest absolute Gasteiger partial charge is 0.188 e. The van der Waals surface area contributed by atoms with Crippen LogP contribution in [0.1, 0.15) is 5.69 Å². The summed E-state index contributed by atoms with van der Waals surface area (Å²) >= 11 is -1.98. The van der Waals surface area contributed by atoms with Crippen molar-refractivity contribution in [2.45, 2.75) is 11.8 Å². The van der Waals surface area contributed by atoms with Crippen LogP contribution in [-0.4, -0.2) is 23.5 Å². The van der Waals surface area contributed by atoms with Gasteiger partial charge in [-0.05, 0) is 13.0 Å². The molecule has 5 nitrogen and oxygen atoms in total. The highest BCUT2D eigenvalue weighted by atomic mass is 32.2. The van der Waals surface area contributed by atoms with Crippen LogP contribution in [0, 0.1) is 6.92 Å². The largest absolute Gasteiger partial charge is 0.302 e. The minimum Gasteiger partial charge on any atom is -0.302 e. The van der Waals surface area contributed by atoms with Gasteiger partial charge in [0.15, 0.2) is 16.7 Å². The van der Waals surface area contributed by atoms with Gasteiger partial charge in [0.25, 0.3) is 0 Å². The highest BCUT2D eigenvalue weighted by Crippen LogP contribution is 2.17. The second-order valence-corrected chi connectivity index (χ2v) is 3.97. The maximum atomic E-state index is 10.8. The molecule has 0 aliphatic rings. The van der Waals surface area contributed by atoms with Gasteiger partial charge < -0.3 is 4.55 Å². The molecule has 2 aromatic rings. The lowest BCUT2D eigenvalue weighted by atomic mass is 10.3. The molecular formula is C8H9N3O2S. The number of aromatic nitrogens is 3. The molecule has 2 rings (SSSR count). The van der Waals surface area contributed by atoms with E-state index >= 15 is 0 Å². The monoisotopic (exact) mass is 211 g/mol. The normalized spacial score (nSPS) is 13.4. The van der Waals surface area contributed by atoms with Crippen LogP contribution in [0.5, 0.6) is 0 Å². The number of nitrogens with zero attached hydrogens (tertiary/aromatic N) is 3. The van der Waals surface area contributed by atoms with Gasteiger partial charge in [0, 0.05) is 18.6 Å². The molecule has 0 aliphatic carbocycles. The van der Waals surface area contributed by atoms with Crippen molar-refractivity contribution in [1.82, 2.24) is 14.8 Å². The third-order valence-electron chi connectivity index (χ3n) is 2.04. The first-order valence-corrected chi connectivity index (χ1v) is 5.10. The van der Waals surface area contributed by atoms with Gasteiger partial charge in [-0.3, -0.25) is 4.68 Å². The van der Waals surface area contributed by atoms with Crippen LogP contribution in [0.25, 0.3) is 11.0 Å². The molecule has 0 amide bonds. The zero-order valence-corrected chi connectivity index (χ0v) is 8.58. The first-order valence-electron chi connectivity index (χ1n) is 4.00. The van der Waals surface area contributed by atoms with Crippen LogP contribution in [0.4, 0.5) is 0 Å². The molecule has 2 aromatic heterocycles. The molecule has 0 saturated carbocycles. The second kappa shape index (κ2) is 3.14. The average Bonchev–Trinajstić information content (AvgIpc) is 2.42. The van der Waals surface area contributed by atoms with E-state index in [-0.39, 0.29) is 0 Å². The molecule has 0 radical (unpaired) electrons. The third-order valence-corrected chi connectivity index (χ3v) is 2.67. The van der Waals surface area contributed by atoms with Crippen LogP contribution in [0.2, 0.25) is 0 Å². The van der Waals surface area contributed by atoms with Crippen molar-refractivity contribution in [3.8, 4) is 0 Å². The second-order valence-electron chi connectivity index (χ2n) is 3.00. The fourth-order valence-corrected chi connectivity index (χ4v) is 1.75. The summed E-state index contributed by atoms with van der Waals surface area (Å²) in [5.74, 6) is 0. The van der Waals surface area contributed by atoms with E-state index < -0.39 is 11.1 Å². The van der Waals surface area contributed by atoms with Crippen LogP contribution in [-0.2, 0) is 18.1 Å². The van der Waals surface area contributed by atoms with Crippen LogP contribution in [0.15, 0.2) is 17.2 Å². The zero-order valence-electron chi connectivity index (χ0n) is 7.76. The Hall–Kier alpha value is -1.27. The van der Waals surface area contributed by atoms with E-state index in [1.165, 1.54) is 6.20 Å². The molecular weight excluding hydrogens is 202 g/mol. The molecule has 0 aliphatic heterocycles. The first kappa shape index (κ1) is 9.29. The van der Waals surface area contributed by atoms with Gasteiger partial charge in [0.2, 0.25) is 0 Å². The predicted octanol–water partition coefficient (Wildman–Crippen LogP) is 0.857. The highest BCUT2D eigenvalue weighted by molar-refractivity contribution is 7.79. The SMILES string of the molecule is Cc1nn(C)c2ncc(S(=O)O)cc12. The molecule has 6 heteroatoms. The van der Waals surface area contributed by atoms with Crippen molar-refractivity contribution in [2.75, 3.05) is 0 Å². The predicted molar refractivity (Wildman–Crippen MR) is 52.3 cm³/mol. The Labute approximate surface area is 83.0 Å². The maximum absolute atomic E-state index is 10.8. The molecule has 74 valence electrons. The van der Waals surface area contributed by atoms with Crippen molar-refractivity contribution in [3.05, 3.63) is 18.0 Å². The highest BCUT2D eigenvalue weighted by Gasteiger charge is 2.08. The van der Waals surface area contributed by atoms with Gasteiger partial charge in [-0.25, -0.2) is 9.19 Å². The summed E-state index contributed by atoms with van der Waals surface area (Å²) < 4.78 is 21.3. The number of fused-ring (bicyclic) bond motifs is 1. The Morgan fingerprint density at radius 2 is 2.29 bits per heavy atom. The lowest BCUT2D eigenvalue weighted by Gasteiger charge is -1.95. The molecule has 0 saturated heterocycles. The Bertz CT molecular complexity index is 521. The lowest BCUT2D eigenvalue weighted by molar-refractivity contribution is 0.564. The molecule has 1 N–H and O–H groups in total. The van der Waals surface area contributed by atoms with E-state index in [4.69, 9.17) is 4.55 Å². The third kappa shape index (κ3) is 1.32. The summed E-state index contributed by atoms with van der Waals surface area (Å²) in [6.07, 6.45) is 1.39. The lowest BCUT2D eigenvalue weighted by Crippen LogP contribution is -1.93. The van der Waals surface area contributed by atoms with Gasteiger partial charge in [0.05, 0.1) is 10.6 Å². The minimum atomic E-state index is -1.98. The minimum absolute atomic E-state index is 0.300. The molecule has 2 heterocycles. The van der Waals surface area contributed by atoms with Crippen LogP contribution in [0.3, 0.4) is 0 Å². The molecule has 14 heavy (non-hydrogen) atoms. The summed E-state index contributed by atoms with van der Waals surface area (Å²) in [6, 6.07) is 1.64. The van der Waals surface area contributed by atoms with Gasteiger partial charge in [-0.15, -0.1) is 0 Å². The van der Waals surface area contributed by atoms with E-state index in [2.05, 4.69) is 10.1 Å². The Morgan fingerprint density at radius 3 is 2.93 bits per heavy atom. The molecule has 0 spiro atoms. The zero-order chi connectivity index (χ0) is 10.3. The summed E-state index contributed by atoms with van der Waals surface area (Å²) in [4.78, 5) is 4.37. The van der Waals surface area contributed by atoms with Gasteiger partial charge in [-0.1, -0.05) is 0 Å². The number of rotatable bonds is 1. The van der Waals surface area contributed by atoms with E-state index in [1.54, 1.807) is 17.8 Å². The molecule has 0 fully saturated rings. The van der Waals surface area contributed by atoms with Gasteiger partial charge in [0.1, 0.15) is 0 Å². The van der Waals surface area contributed by atoms with Crippen molar-refractivity contribution in [2.24, 2.45) is 7.05 Å². The van der Waals surface area contributed by atoms with Crippen LogP contribution < -0.4 is 0 Å². The summed E-state index contributed by atoms with van der Waals surface area (Å²) in [7, 11) is 1.79. The number of hydrogen-bond donors (Lipinski definition) is 1. The van der Waals surface area contributed by atoms with E-state index in [1.807, 2.05) is 6.92 Å². The molecule has 0 bridgehead atoms. The first-order chi connectivity index (χ1) is 6.59. The van der Waals surface area contributed by atoms with Crippen molar-refractivity contribution in [3.63, 3.8) is 0 Å². The average molecular weight is 211 g/mol. The summed E-state index contributed by atoms with van der Waals surface area (Å²) in [5.41, 5.74) is 1.53. The van der Waals surface area contributed by atoms with Crippen molar-refractivity contribution in [1.29, 1.82) is 0 Å². The topological polar surface area (TPSA) is 68.0 Å². The van der Waals surface area contributed by atoms with E-state index in [9.17, 15) is 4.21 Å². The molecule has 1 atom stereocenters. The van der Waals surface area contributed by atoms with Crippen molar-refractivity contribution < 1.29 is 8.76 Å². The molecule has 1 unspecified atom stereocenters. The quantitative estimate of drug-likeness (QED) is 0.710. The number of pyridine rings is 1. The number of aryl methyl sites for hydroxylation is 2. The van der Waals surface area contributed by atoms with Crippen molar-refractivity contribution >= 4 is 22.1 Å². The number of hydrogen-bond acceptors (Lipinski definition) is 3. The summed E-state index contributed by atoms with van der Waals surface area (Å²) in [6.45, 7) is 1.84. The standard InChI is InChI=1S/C8H9N3O2S/c1-5-7-3-6(14(12)13)4-9-8(7)11(2)10-5/h3-4H,1-2H3,(H,12,13). The fourth-order valence-electron chi connectivity index (χ4n) is 1.38.